The number of hydrogen-bond donors (Lipinski definition) is 1. The molecule has 0 aromatic rings. The van der Waals surface area contributed by atoms with Crippen LogP contribution in [0.25, 0.3) is 0 Å². The van der Waals surface area contributed by atoms with Crippen LogP contribution in [-0.2, 0) is 10.1 Å². The van der Waals surface area contributed by atoms with Crippen LogP contribution in [-0.4, -0.2) is 52.4 Å². The topological polar surface area (TPSA) is 54.4 Å². The zero-order valence-corrected chi connectivity index (χ0v) is 8.69. The summed E-state index contributed by atoms with van der Waals surface area (Å²) in [6, 6.07) is 0. The molecule has 11 heteroatoms. The Morgan fingerprint density at radius 3 is 1.43 bits per heavy atom. The van der Waals surface area contributed by atoms with E-state index in [0.29, 0.717) is 0 Å². The molecule has 0 aromatic heterocycles. The Morgan fingerprint density at radius 2 is 1.43 bits per heavy atom. The molecule has 0 saturated heterocycles. The van der Waals surface area contributed by atoms with Crippen molar-refractivity contribution in [2.45, 2.75) is 0 Å². The summed E-state index contributed by atoms with van der Waals surface area (Å²) in [6.45, 7) is 3.11. The Morgan fingerprint density at radius 1 is 1.21 bits per heavy atom. The average molecular weight is 300 g/mol. The Hall–Kier alpha value is 0.456. The quantitative estimate of drug-likeness (QED) is 0.360. The summed E-state index contributed by atoms with van der Waals surface area (Å²) in [7, 11) is -3.79. The van der Waals surface area contributed by atoms with Crippen LogP contribution < -0.4 is 0 Å². The molecule has 0 atom stereocenters. The second kappa shape index (κ2) is 6.13. The van der Waals surface area contributed by atoms with Crippen LogP contribution in [0.5, 0.6) is 0 Å². The molecule has 1 N–H and O–H groups in total. The third kappa shape index (κ3) is 82.3. The van der Waals surface area contributed by atoms with Gasteiger partial charge in [0, 0.05) is 0 Å². The van der Waals surface area contributed by atoms with Gasteiger partial charge in [-0.1, -0.05) is 6.08 Å². The maximum atomic E-state index is 9.89. The minimum absolute atomic E-state index is 0. The van der Waals surface area contributed by atoms with Gasteiger partial charge in [-0.3, -0.25) is 4.55 Å². The molecule has 0 spiro atoms. The van der Waals surface area contributed by atoms with E-state index in [1.807, 2.05) is 0 Å². The molecule has 0 aromatic carbocycles. The van der Waals surface area contributed by atoms with Crippen molar-refractivity contribution in [3.8, 4) is 0 Å². The minimum atomic E-state index is -8.99. The molecular weight excluding hydrogens is 293 g/mol. The zero-order chi connectivity index (χ0) is 11.4. The van der Waals surface area contributed by atoms with Gasteiger partial charge in [0.05, 0.1) is 5.75 Å². The predicted molar refractivity (Wildman–Crippen MR) is 45.1 cm³/mol. The number of halogens is 5. The van der Waals surface area contributed by atoms with Gasteiger partial charge in [0.15, 0.2) is 0 Å². The molecule has 0 fully saturated rings. The molecule has 84 valence electrons. The van der Waals surface area contributed by atoms with E-state index in [9.17, 15) is 25.8 Å². The SMILES string of the molecule is C=CCS(=O)(=O)O.F[As](F)(F)(F)F.[LiH]. The van der Waals surface area contributed by atoms with Gasteiger partial charge >= 0.3 is 51.0 Å². The molecular formula is C3H7AsF5LiO3S. The third-order valence-corrected chi connectivity index (χ3v) is 0.985. The summed E-state index contributed by atoms with van der Waals surface area (Å²) < 4.78 is 76.8. The van der Waals surface area contributed by atoms with Gasteiger partial charge in [-0.05, 0) is 0 Å². The Kier molecular flexibility index (Phi) is 8.73. The van der Waals surface area contributed by atoms with Gasteiger partial charge < -0.3 is 0 Å². The summed E-state index contributed by atoms with van der Waals surface area (Å²) in [5.74, 6) is -0.368. The van der Waals surface area contributed by atoms with Crippen molar-refractivity contribution in [3.63, 3.8) is 0 Å². The zero-order valence-electron chi connectivity index (χ0n) is 6.00. The van der Waals surface area contributed by atoms with Gasteiger partial charge in [0.2, 0.25) is 0 Å². The van der Waals surface area contributed by atoms with Crippen molar-refractivity contribution in [1.82, 2.24) is 0 Å². The first-order chi connectivity index (χ1) is 5.30. The van der Waals surface area contributed by atoms with E-state index in [2.05, 4.69) is 6.58 Å². The van der Waals surface area contributed by atoms with Crippen LogP contribution in [0.2, 0.25) is 0 Å². The van der Waals surface area contributed by atoms with Gasteiger partial charge in [-0.25, -0.2) is 0 Å². The average Bonchev–Trinajstić information content (AvgIpc) is 1.51. The summed E-state index contributed by atoms with van der Waals surface area (Å²) >= 11 is -8.99. The van der Waals surface area contributed by atoms with Crippen molar-refractivity contribution in [1.29, 1.82) is 0 Å². The molecule has 0 aliphatic carbocycles. The standard InChI is InChI=1S/C3H6O3S.AsF5.Li.H/c1-2-3-7(4,5)6;2-1(3,4,5)6;;/h2H,1,3H2,(H,4,5,6);;;. The van der Waals surface area contributed by atoms with Gasteiger partial charge in [0.1, 0.15) is 0 Å². The maximum absolute atomic E-state index is 9.89. The van der Waals surface area contributed by atoms with E-state index in [-0.39, 0.29) is 24.6 Å². The molecule has 0 aliphatic heterocycles. The van der Waals surface area contributed by atoms with Crippen LogP contribution in [0.3, 0.4) is 0 Å². The molecule has 0 unspecified atom stereocenters. The van der Waals surface area contributed by atoms with E-state index in [4.69, 9.17) is 4.55 Å². The Bertz CT molecular complexity index is 253. The predicted octanol–water partition coefficient (Wildman–Crippen LogP) is 1.13. The molecule has 3 nitrogen and oxygen atoms in total. The van der Waals surface area contributed by atoms with Crippen LogP contribution in [0.15, 0.2) is 12.7 Å². The van der Waals surface area contributed by atoms with Crippen molar-refractivity contribution < 1.29 is 30.3 Å². The van der Waals surface area contributed by atoms with E-state index in [1.54, 1.807) is 0 Å². The molecule has 14 heavy (non-hydrogen) atoms. The molecule has 0 saturated carbocycles. The second-order valence-electron chi connectivity index (χ2n) is 1.68. The molecule has 0 aliphatic rings. The van der Waals surface area contributed by atoms with Gasteiger partial charge in [-0.2, -0.15) is 8.42 Å². The van der Waals surface area contributed by atoms with Crippen LogP contribution in [0, 0.1) is 0 Å². The summed E-state index contributed by atoms with van der Waals surface area (Å²) in [6.07, 6.45) is 1.12. The van der Waals surface area contributed by atoms with Crippen LogP contribution in [0.4, 0.5) is 17.3 Å². The molecule has 0 amide bonds. The molecule has 0 radical (unpaired) electrons. The van der Waals surface area contributed by atoms with Gasteiger partial charge in [-0.15, -0.1) is 6.58 Å². The summed E-state index contributed by atoms with van der Waals surface area (Å²) in [4.78, 5) is 0. The van der Waals surface area contributed by atoms with Crippen molar-refractivity contribution >= 4 is 43.8 Å². The third-order valence-electron chi connectivity index (χ3n) is 0.328. The van der Waals surface area contributed by atoms with Crippen molar-refractivity contribution in [3.05, 3.63) is 12.7 Å². The number of hydrogen-bond acceptors (Lipinski definition) is 2. The monoisotopic (exact) mass is 300 g/mol. The van der Waals surface area contributed by atoms with E-state index in [1.165, 1.54) is 0 Å². The molecule has 0 bridgehead atoms. The van der Waals surface area contributed by atoms with Crippen molar-refractivity contribution in [2.24, 2.45) is 0 Å². The fourth-order valence-electron chi connectivity index (χ4n) is 0.149. The fourth-order valence-corrected chi connectivity index (χ4v) is 0.447. The van der Waals surface area contributed by atoms with Gasteiger partial charge in [0.25, 0.3) is 10.1 Å². The number of rotatable bonds is 2. The molecule has 0 heterocycles. The van der Waals surface area contributed by atoms with Crippen LogP contribution >= 0.6 is 0 Å². The normalized spacial score (nSPS) is 13.7. The van der Waals surface area contributed by atoms with Crippen LogP contribution in [0.1, 0.15) is 0 Å². The second-order valence-corrected chi connectivity index (χ2v) is 5.85. The summed E-state index contributed by atoms with van der Waals surface area (Å²) in [5, 5.41) is 0. The van der Waals surface area contributed by atoms with Crippen molar-refractivity contribution in [2.75, 3.05) is 5.75 Å². The Balaban J connectivity index is -0.000000163. The van der Waals surface area contributed by atoms with E-state index in [0.717, 1.165) is 6.08 Å². The van der Waals surface area contributed by atoms with E-state index < -0.39 is 24.9 Å². The molecule has 0 rings (SSSR count). The summed E-state index contributed by atoms with van der Waals surface area (Å²) in [5.41, 5.74) is 0. The fraction of sp³-hybridized carbons (Fsp3) is 0.333. The first kappa shape index (κ1) is 19.9. The first-order valence-corrected chi connectivity index (χ1v) is 7.62. The Labute approximate surface area is 92.4 Å². The van der Waals surface area contributed by atoms with E-state index >= 15 is 0 Å². The first-order valence-electron chi connectivity index (χ1n) is 2.47.